The van der Waals surface area contributed by atoms with Crippen LogP contribution in [0, 0.1) is 5.92 Å². The highest BCUT2D eigenvalue weighted by Gasteiger charge is 2.17. The summed E-state index contributed by atoms with van der Waals surface area (Å²) >= 11 is 0. The molecule has 0 atom stereocenters. The zero-order valence-corrected chi connectivity index (χ0v) is 15.9. The van der Waals surface area contributed by atoms with Gasteiger partial charge in [0, 0.05) is 18.4 Å². The van der Waals surface area contributed by atoms with Crippen molar-refractivity contribution in [2.24, 2.45) is 5.92 Å². The van der Waals surface area contributed by atoms with E-state index < -0.39 is 0 Å². The van der Waals surface area contributed by atoms with Crippen LogP contribution < -0.4 is 10.6 Å². The van der Waals surface area contributed by atoms with Gasteiger partial charge in [0.15, 0.2) is 0 Å². The van der Waals surface area contributed by atoms with Crippen LogP contribution in [0.4, 0.5) is 11.5 Å². The molecule has 25 heavy (non-hydrogen) atoms. The number of carbonyl (C=O) groups excluding carboxylic acids is 1. The van der Waals surface area contributed by atoms with Crippen molar-refractivity contribution in [1.82, 2.24) is 10.3 Å². The van der Waals surface area contributed by atoms with E-state index in [2.05, 4.69) is 62.4 Å². The Kier molecular flexibility index (Phi) is 6.18. The first kappa shape index (κ1) is 19.0. The summed E-state index contributed by atoms with van der Waals surface area (Å²) in [6.07, 6.45) is 2.59. The van der Waals surface area contributed by atoms with E-state index in [9.17, 15) is 4.79 Å². The molecule has 0 radical (unpaired) electrons. The number of pyridine rings is 1. The monoisotopic (exact) mass is 339 g/mol. The van der Waals surface area contributed by atoms with Crippen LogP contribution in [-0.2, 0) is 5.41 Å². The fraction of sp³-hybridized carbons (Fsp3) is 0.429. The maximum absolute atomic E-state index is 12.1. The van der Waals surface area contributed by atoms with Crippen LogP contribution in [0.1, 0.15) is 57.0 Å². The van der Waals surface area contributed by atoms with E-state index in [-0.39, 0.29) is 11.3 Å². The van der Waals surface area contributed by atoms with Gasteiger partial charge in [-0.05, 0) is 41.5 Å². The number of amides is 1. The van der Waals surface area contributed by atoms with Gasteiger partial charge in [-0.15, -0.1) is 0 Å². The first-order valence-corrected chi connectivity index (χ1v) is 8.88. The molecule has 0 aliphatic heterocycles. The van der Waals surface area contributed by atoms with Gasteiger partial charge in [-0.25, -0.2) is 4.98 Å². The minimum atomic E-state index is -0.0743. The molecule has 4 nitrogen and oxygen atoms in total. The molecule has 134 valence electrons. The van der Waals surface area contributed by atoms with Crippen LogP contribution >= 0.6 is 0 Å². The van der Waals surface area contributed by atoms with E-state index in [1.807, 2.05) is 18.2 Å². The lowest BCUT2D eigenvalue weighted by Crippen LogP contribution is -2.25. The fourth-order valence-corrected chi connectivity index (χ4v) is 2.56. The maximum Gasteiger partial charge on any atom is 0.252 e. The van der Waals surface area contributed by atoms with Gasteiger partial charge in [-0.1, -0.05) is 52.8 Å². The lowest BCUT2D eigenvalue weighted by molar-refractivity contribution is 0.0951. The summed E-state index contributed by atoms with van der Waals surface area (Å²) in [7, 11) is 0. The van der Waals surface area contributed by atoms with E-state index in [4.69, 9.17) is 0 Å². The lowest BCUT2D eigenvalue weighted by Gasteiger charge is -2.23. The Hall–Kier alpha value is -2.36. The number of nitrogens with one attached hydrogen (secondary N) is 2. The molecule has 0 fully saturated rings. The Morgan fingerprint density at radius 2 is 1.84 bits per heavy atom. The summed E-state index contributed by atoms with van der Waals surface area (Å²) in [6, 6.07) is 11.9. The summed E-state index contributed by atoms with van der Waals surface area (Å²) in [5.74, 6) is 1.23. The predicted octanol–water partition coefficient (Wildman–Crippen LogP) is 4.90. The van der Waals surface area contributed by atoms with Gasteiger partial charge in [0.2, 0.25) is 0 Å². The SMILES string of the molecule is CC(C)CCNC(=O)c1ccc(Nc2ccccc2C(C)(C)C)nc1. The molecule has 0 unspecified atom stereocenters. The van der Waals surface area contributed by atoms with E-state index in [1.165, 1.54) is 5.56 Å². The maximum atomic E-state index is 12.1. The molecule has 2 N–H and O–H groups in total. The largest absolute Gasteiger partial charge is 0.352 e. The number of para-hydroxylation sites is 1. The molecule has 1 heterocycles. The second-order valence-electron chi connectivity index (χ2n) is 7.79. The number of hydrogen-bond acceptors (Lipinski definition) is 3. The van der Waals surface area contributed by atoms with Gasteiger partial charge in [0.25, 0.3) is 5.91 Å². The van der Waals surface area contributed by atoms with E-state index >= 15 is 0 Å². The molecule has 0 bridgehead atoms. The average molecular weight is 339 g/mol. The topological polar surface area (TPSA) is 54.0 Å². The third kappa shape index (κ3) is 5.59. The summed E-state index contributed by atoms with van der Waals surface area (Å²) in [4.78, 5) is 16.5. The molecule has 2 rings (SSSR count). The van der Waals surface area contributed by atoms with Gasteiger partial charge in [0.1, 0.15) is 5.82 Å². The zero-order valence-electron chi connectivity index (χ0n) is 15.9. The number of anilines is 2. The molecule has 0 spiro atoms. The number of aromatic nitrogens is 1. The first-order chi connectivity index (χ1) is 11.8. The molecule has 0 saturated heterocycles. The highest BCUT2D eigenvalue weighted by atomic mass is 16.1. The van der Waals surface area contributed by atoms with Crippen LogP contribution in [0.25, 0.3) is 0 Å². The summed E-state index contributed by atoms with van der Waals surface area (Å²) in [5.41, 5.74) is 2.89. The lowest BCUT2D eigenvalue weighted by atomic mass is 9.86. The summed E-state index contributed by atoms with van der Waals surface area (Å²) < 4.78 is 0. The Labute approximate surface area is 151 Å². The molecule has 2 aromatic rings. The smallest absolute Gasteiger partial charge is 0.252 e. The van der Waals surface area contributed by atoms with E-state index in [1.54, 1.807) is 12.3 Å². The minimum absolute atomic E-state index is 0.0415. The molecule has 1 aromatic carbocycles. The summed E-state index contributed by atoms with van der Waals surface area (Å²) in [5, 5.41) is 6.29. The average Bonchev–Trinajstić information content (AvgIpc) is 2.54. The number of benzene rings is 1. The molecular formula is C21H29N3O. The van der Waals surface area contributed by atoms with Crippen molar-refractivity contribution < 1.29 is 4.79 Å². The highest BCUT2D eigenvalue weighted by Crippen LogP contribution is 2.30. The standard InChI is InChI=1S/C21H29N3O/c1-15(2)12-13-22-20(25)16-10-11-19(23-14-16)24-18-9-7-6-8-17(18)21(3,4)5/h6-11,14-15H,12-13H2,1-5H3,(H,22,25)(H,23,24). The quantitative estimate of drug-likeness (QED) is 0.787. The predicted molar refractivity (Wildman–Crippen MR) is 104 cm³/mol. The number of nitrogens with zero attached hydrogens (tertiary/aromatic N) is 1. The Morgan fingerprint density at radius 3 is 2.44 bits per heavy atom. The number of carbonyl (C=O) groups is 1. The normalized spacial score (nSPS) is 11.4. The molecule has 1 amide bonds. The van der Waals surface area contributed by atoms with Gasteiger partial charge in [-0.2, -0.15) is 0 Å². The Bertz CT molecular complexity index is 700. The van der Waals surface area contributed by atoms with Gasteiger partial charge in [0.05, 0.1) is 5.56 Å². The fourth-order valence-electron chi connectivity index (χ4n) is 2.56. The van der Waals surface area contributed by atoms with Crippen molar-refractivity contribution in [3.63, 3.8) is 0 Å². The number of hydrogen-bond donors (Lipinski definition) is 2. The van der Waals surface area contributed by atoms with Crippen LogP contribution in [0.5, 0.6) is 0 Å². The van der Waals surface area contributed by atoms with Crippen LogP contribution in [0.2, 0.25) is 0 Å². The van der Waals surface area contributed by atoms with Crippen molar-refractivity contribution in [3.05, 3.63) is 53.7 Å². The second kappa shape index (κ2) is 8.15. The van der Waals surface area contributed by atoms with Gasteiger partial charge >= 0.3 is 0 Å². The molecule has 4 heteroatoms. The van der Waals surface area contributed by atoms with Crippen molar-refractivity contribution in [3.8, 4) is 0 Å². The Morgan fingerprint density at radius 1 is 1.12 bits per heavy atom. The highest BCUT2D eigenvalue weighted by molar-refractivity contribution is 5.94. The van der Waals surface area contributed by atoms with Crippen LogP contribution in [-0.4, -0.2) is 17.4 Å². The molecule has 1 aromatic heterocycles. The molecule has 0 aliphatic rings. The van der Waals surface area contributed by atoms with Crippen molar-refractivity contribution in [1.29, 1.82) is 0 Å². The molecule has 0 aliphatic carbocycles. The van der Waals surface area contributed by atoms with Crippen molar-refractivity contribution in [2.45, 2.75) is 46.5 Å². The number of rotatable bonds is 6. The third-order valence-electron chi connectivity index (χ3n) is 4.03. The zero-order chi connectivity index (χ0) is 18.4. The van der Waals surface area contributed by atoms with Crippen LogP contribution in [0.3, 0.4) is 0 Å². The molecule has 0 saturated carbocycles. The van der Waals surface area contributed by atoms with Gasteiger partial charge in [-0.3, -0.25) is 4.79 Å². The van der Waals surface area contributed by atoms with Crippen LogP contribution in [0.15, 0.2) is 42.6 Å². The molecular weight excluding hydrogens is 310 g/mol. The van der Waals surface area contributed by atoms with Crippen molar-refractivity contribution >= 4 is 17.4 Å². The Balaban J connectivity index is 2.05. The third-order valence-corrected chi connectivity index (χ3v) is 4.03. The second-order valence-corrected chi connectivity index (χ2v) is 7.79. The van der Waals surface area contributed by atoms with E-state index in [0.717, 1.165) is 17.9 Å². The van der Waals surface area contributed by atoms with Crippen molar-refractivity contribution in [2.75, 3.05) is 11.9 Å². The van der Waals surface area contributed by atoms with E-state index in [0.29, 0.717) is 18.0 Å². The summed E-state index contributed by atoms with van der Waals surface area (Å²) in [6.45, 7) is 11.5. The minimum Gasteiger partial charge on any atom is -0.352 e. The van der Waals surface area contributed by atoms with Gasteiger partial charge < -0.3 is 10.6 Å². The first-order valence-electron chi connectivity index (χ1n) is 8.88.